The molecule has 1 amide bonds. The van der Waals surface area contributed by atoms with Gasteiger partial charge in [-0.3, -0.25) is 4.79 Å². The molecule has 2 aromatic rings. The van der Waals surface area contributed by atoms with Crippen LogP contribution < -0.4 is 15.8 Å². The molecule has 0 aliphatic heterocycles. The van der Waals surface area contributed by atoms with E-state index in [4.69, 9.17) is 10.5 Å². The number of hydrogen-bond acceptors (Lipinski definition) is 3. The summed E-state index contributed by atoms with van der Waals surface area (Å²) in [5.74, 6) is -0.432. The number of carbonyl (C=O) groups excluding carboxylic acids is 1. The average molecular weight is 288 g/mol. The van der Waals surface area contributed by atoms with E-state index >= 15 is 0 Å². The standard InChI is InChI=1S/C16H17FN2O2/c1-10(2)21-12-6-3-5-11(9-12)16(20)19-15-13(17)7-4-8-14(15)18/h3-10H,18H2,1-2H3,(H,19,20). The molecule has 2 rings (SSSR count). The van der Waals surface area contributed by atoms with Crippen LogP contribution in [0.5, 0.6) is 5.75 Å². The van der Waals surface area contributed by atoms with E-state index in [1.54, 1.807) is 24.3 Å². The van der Waals surface area contributed by atoms with Gasteiger partial charge in [0.15, 0.2) is 0 Å². The quantitative estimate of drug-likeness (QED) is 0.847. The highest BCUT2D eigenvalue weighted by molar-refractivity contribution is 6.06. The number of nitrogens with two attached hydrogens (primary N) is 1. The molecule has 0 fully saturated rings. The molecule has 4 nitrogen and oxygen atoms in total. The molecule has 2 aromatic carbocycles. The minimum atomic E-state index is -0.571. The number of nitrogen functional groups attached to an aromatic ring is 1. The molecule has 0 bridgehead atoms. The number of ether oxygens (including phenoxy) is 1. The first-order chi connectivity index (χ1) is 9.97. The third-order valence-electron chi connectivity index (χ3n) is 2.75. The van der Waals surface area contributed by atoms with Crippen LogP contribution in [0.15, 0.2) is 42.5 Å². The van der Waals surface area contributed by atoms with E-state index in [1.165, 1.54) is 18.2 Å². The second kappa shape index (κ2) is 6.26. The molecule has 0 unspecified atom stereocenters. The Bertz CT molecular complexity index is 636. The zero-order chi connectivity index (χ0) is 15.4. The van der Waals surface area contributed by atoms with E-state index < -0.39 is 11.7 Å². The van der Waals surface area contributed by atoms with E-state index in [1.807, 2.05) is 13.8 Å². The number of anilines is 2. The maximum Gasteiger partial charge on any atom is 0.255 e. The second-order valence-corrected chi connectivity index (χ2v) is 4.85. The molecular formula is C16H17FN2O2. The third kappa shape index (κ3) is 3.72. The number of nitrogens with one attached hydrogen (secondary N) is 1. The lowest BCUT2D eigenvalue weighted by Gasteiger charge is -2.12. The van der Waals surface area contributed by atoms with Crippen LogP contribution in [0.2, 0.25) is 0 Å². The summed E-state index contributed by atoms with van der Waals surface area (Å²) in [6.45, 7) is 3.79. The number of benzene rings is 2. The predicted octanol–water partition coefficient (Wildman–Crippen LogP) is 3.45. The smallest absolute Gasteiger partial charge is 0.255 e. The van der Waals surface area contributed by atoms with Gasteiger partial charge in [0, 0.05) is 5.56 Å². The van der Waals surface area contributed by atoms with Gasteiger partial charge < -0.3 is 15.8 Å². The number of hydrogen-bond donors (Lipinski definition) is 2. The summed E-state index contributed by atoms with van der Waals surface area (Å²) >= 11 is 0. The van der Waals surface area contributed by atoms with E-state index in [9.17, 15) is 9.18 Å². The molecule has 0 aliphatic rings. The molecule has 0 aromatic heterocycles. The van der Waals surface area contributed by atoms with Crippen molar-refractivity contribution in [1.29, 1.82) is 0 Å². The van der Waals surface area contributed by atoms with E-state index in [0.29, 0.717) is 11.3 Å². The van der Waals surface area contributed by atoms with Gasteiger partial charge in [-0.1, -0.05) is 12.1 Å². The Labute approximate surface area is 122 Å². The number of para-hydroxylation sites is 1. The van der Waals surface area contributed by atoms with E-state index in [2.05, 4.69) is 5.32 Å². The molecular weight excluding hydrogens is 271 g/mol. The van der Waals surface area contributed by atoms with Gasteiger partial charge in [0.05, 0.1) is 11.8 Å². The van der Waals surface area contributed by atoms with Crippen molar-refractivity contribution in [1.82, 2.24) is 0 Å². The Balaban J connectivity index is 2.21. The van der Waals surface area contributed by atoms with Gasteiger partial charge in [-0.05, 0) is 44.2 Å². The fraction of sp³-hybridized carbons (Fsp3) is 0.188. The summed E-state index contributed by atoms with van der Waals surface area (Å²) in [4.78, 5) is 12.2. The molecule has 0 heterocycles. The highest BCUT2D eigenvalue weighted by Crippen LogP contribution is 2.23. The Kier molecular flexibility index (Phi) is 4.42. The zero-order valence-electron chi connectivity index (χ0n) is 11.9. The first-order valence-electron chi connectivity index (χ1n) is 6.59. The largest absolute Gasteiger partial charge is 0.491 e. The fourth-order valence-corrected chi connectivity index (χ4v) is 1.84. The van der Waals surface area contributed by atoms with Crippen LogP contribution in [0.3, 0.4) is 0 Å². The van der Waals surface area contributed by atoms with Crippen molar-refractivity contribution in [2.75, 3.05) is 11.1 Å². The van der Waals surface area contributed by atoms with Crippen molar-refractivity contribution in [3.63, 3.8) is 0 Å². The summed E-state index contributed by atoms with van der Waals surface area (Å²) in [5.41, 5.74) is 6.20. The number of halogens is 1. The Morgan fingerprint density at radius 2 is 1.95 bits per heavy atom. The van der Waals surface area contributed by atoms with Gasteiger partial charge >= 0.3 is 0 Å². The van der Waals surface area contributed by atoms with Crippen molar-refractivity contribution in [2.45, 2.75) is 20.0 Å². The lowest BCUT2D eigenvalue weighted by Crippen LogP contribution is -2.15. The van der Waals surface area contributed by atoms with E-state index in [-0.39, 0.29) is 17.5 Å². The van der Waals surface area contributed by atoms with Crippen molar-refractivity contribution in [3.05, 3.63) is 53.8 Å². The van der Waals surface area contributed by atoms with Crippen molar-refractivity contribution >= 4 is 17.3 Å². The van der Waals surface area contributed by atoms with Gasteiger partial charge in [-0.2, -0.15) is 0 Å². The summed E-state index contributed by atoms with van der Waals surface area (Å²) < 4.78 is 19.2. The van der Waals surface area contributed by atoms with Crippen LogP contribution in [-0.2, 0) is 0 Å². The van der Waals surface area contributed by atoms with Crippen molar-refractivity contribution in [3.8, 4) is 5.75 Å². The third-order valence-corrected chi connectivity index (χ3v) is 2.75. The first-order valence-corrected chi connectivity index (χ1v) is 6.59. The summed E-state index contributed by atoms with van der Waals surface area (Å²) in [6.07, 6.45) is 0.00511. The van der Waals surface area contributed by atoms with Crippen LogP contribution in [0.1, 0.15) is 24.2 Å². The molecule has 0 aliphatic carbocycles. The molecule has 0 saturated carbocycles. The predicted molar refractivity (Wildman–Crippen MR) is 81.0 cm³/mol. The van der Waals surface area contributed by atoms with Crippen LogP contribution in [0.4, 0.5) is 15.8 Å². The maximum absolute atomic E-state index is 13.7. The summed E-state index contributed by atoms with van der Waals surface area (Å²) in [5, 5.41) is 2.48. The molecule has 0 radical (unpaired) electrons. The molecule has 110 valence electrons. The Morgan fingerprint density at radius 3 is 2.62 bits per heavy atom. The highest BCUT2D eigenvalue weighted by Gasteiger charge is 2.12. The zero-order valence-corrected chi connectivity index (χ0v) is 11.9. The van der Waals surface area contributed by atoms with Crippen molar-refractivity contribution in [2.24, 2.45) is 0 Å². The molecule has 5 heteroatoms. The lowest BCUT2D eigenvalue weighted by molar-refractivity contribution is 0.102. The number of amides is 1. The van der Waals surface area contributed by atoms with Crippen LogP contribution in [0, 0.1) is 5.82 Å². The number of rotatable bonds is 4. The fourth-order valence-electron chi connectivity index (χ4n) is 1.84. The Morgan fingerprint density at radius 1 is 1.24 bits per heavy atom. The molecule has 21 heavy (non-hydrogen) atoms. The monoisotopic (exact) mass is 288 g/mol. The van der Waals surface area contributed by atoms with Crippen LogP contribution >= 0.6 is 0 Å². The molecule has 0 saturated heterocycles. The lowest BCUT2D eigenvalue weighted by atomic mass is 10.2. The van der Waals surface area contributed by atoms with Gasteiger partial charge in [0.25, 0.3) is 5.91 Å². The van der Waals surface area contributed by atoms with Gasteiger partial charge in [0.1, 0.15) is 17.3 Å². The minimum absolute atomic E-state index is 0.00511. The van der Waals surface area contributed by atoms with E-state index in [0.717, 1.165) is 0 Å². The topological polar surface area (TPSA) is 64.3 Å². The maximum atomic E-state index is 13.7. The summed E-state index contributed by atoms with van der Waals surface area (Å²) in [6, 6.07) is 10.9. The van der Waals surface area contributed by atoms with Crippen LogP contribution in [0.25, 0.3) is 0 Å². The molecule has 0 atom stereocenters. The highest BCUT2D eigenvalue weighted by atomic mass is 19.1. The molecule has 3 N–H and O–H groups in total. The van der Waals surface area contributed by atoms with Crippen molar-refractivity contribution < 1.29 is 13.9 Å². The second-order valence-electron chi connectivity index (χ2n) is 4.85. The number of carbonyl (C=O) groups is 1. The molecule has 0 spiro atoms. The van der Waals surface area contributed by atoms with Crippen LogP contribution in [-0.4, -0.2) is 12.0 Å². The first kappa shape index (κ1) is 14.8. The average Bonchev–Trinajstić information content (AvgIpc) is 2.42. The summed E-state index contributed by atoms with van der Waals surface area (Å²) in [7, 11) is 0. The van der Waals surface area contributed by atoms with Gasteiger partial charge in [-0.25, -0.2) is 4.39 Å². The van der Waals surface area contributed by atoms with Gasteiger partial charge in [0.2, 0.25) is 0 Å². The Hall–Kier alpha value is -2.56. The minimum Gasteiger partial charge on any atom is -0.491 e. The van der Waals surface area contributed by atoms with Gasteiger partial charge in [-0.15, -0.1) is 0 Å². The SMILES string of the molecule is CC(C)Oc1cccc(C(=O)Nc2c(N)cccc2F)c1. The normalized spacial score (nSPS) is 10.5.